The molecule has 2 fully saturated rings. The van der Waals surface area contributed by atoms with Crippen LogP contribution in [0.25, 0.3) is 10.2 Å². The van der Waals surface area contributed by atoms with Crippen molar-refractivity contribution < 1.29 is 24.1 Å². The molecule has 0 aromatic carbocycles. The van der Waals surface area contributed by atoms with Crippen molar-refractivity contribution in [3.8, 4) is 5.88 Å². The Morgan fingerprint density at radius 2 is 2.03 bits per heavy atom. The molecule has 2 atom stereocenters. The maximum atomic E-state index is 11.8. The molecule has 1 saturated heterocycles. The van der Waals surface area contributed by atoms with Crippen LogP contribution in [0.15, 0.2) is 6.33 Å². The Morgan fingerprint density at radius 3 is 2.78 bits per heavy atom. The maximum absolute atomic E-state index is 11.8. The SMILES string of the molecule is COC(=O)C(O)CC1CCc2sc3ncnc(OC4CCC(N5CCOCC5)CC4)c3c21. The summed E-state index contributed by atoms with van der Waals surface area (Å²) in [6.45, 7) is 3.74. The quantitative estimate of drug-likeness (QED) is 0.657. The van der Waals surface area contributed by atoms with Crippen LogP contribution >= 0.6 is 11.3 Å². The highest BCUT2D eigenvalue weighted by Crippen LogP contribution is 2.47. The highest BCUT2D eigenvalue weighted by Gasteiger charge is 2.34. The van der Waals surface area contributed by atoms with Crippen LogP contribution in [0.5, 0.6) is 5.88 Å². The summed E-state index contributed by atoms with van der Waals surface area (Å²) in [6.07, 6.45) is 7.11. The number of ether oxygens (including phenoxy) is 3. The van der Waals surface area contributed by atoms with Crippen molar-refractivity contribution in [2.45, 2.75) is 69.1 Å². The van der Waals surface area contributed by atoms with Crippen LogP contribution < -0.4 is 4.74 Å². The van der Waals surface area contributed by atoms with Gasteiger partial charge in [-0.1, -0.05) is 0 Å². The summed E-state index contributed by atoms with van der Waals surface area (Å²) < 4.78 is 16.7. The second-order valence-corrected chi connectivity index (χ2v) is 10.1. The van der Waals surface area contributed by atoms with Crippen molar-refractivity contribution in [1.82, 2.24) is 14.9 Å². The third-order valence-corrected chi connectivity index (χ3v) is 8.33. The first kappa shape index (κ1) is 22.0. The maximum Gasteiger partial charge on any atom is 0.334 e. The number of carbonyl (C=O) groups is 1. The molecule has 3 aliphatic rings. The normalized spacial score (nSPS) is 27.2. The zero-order valence-corrected chi connectivity index (χ0v) is 19.3. The average Bonchev–Trinajstić information content (AvgIpc) is 3.39. The molecule has 0 amide bonds. The average molecular weight is 462 g/mol. The van der Waals surface area contributed by atoms with Gasteiger partial charge in [0.2, 0.25) is 5.88 Å². The first-order valence-corrected chi connectivity index (χ1v) is 12.5. The van der Waals surface area contributed by atoms with Gasteiger partial charge in [-0.3, -0.25) is 4.90 Å². The number of aryl methyl sites for hydroxylation is 1. The number of fused-ring (bicyclic) bond motifs is 3. The molecule has 2 aromatic rings. The van der Waals surface area contributed by atoms with Gasteiger partial charge in [0.15, 0.2) is 6.10 Å². The van der Waals surface area contributed by atoms with Crippen LogP contribution in [0.1, 0.15) is 54.9 Å². The van der Waals surface area contributed by atoms with E-state index < -0.39 is 12.1 Å². The topological polar surface area (TPSA) is 94.0 Å². The number of esters is 1. The Morgan fingerprint density at radius 1 is 1.25 bits per heavy atom. The monoisotopic (exact) mass is 461 g/mol. The minimum Gasteiger partial charge on any atom is -0.474 e. The molecular weight excluding hydrogens is 430 g/mol. The lowest BCUT2D eigenvalue weighted by Crippen LogP contribution is -2.46. The molecule has 0 spiro atoms. The van der Waals surface area contributed by atoms with Crippen LogP contribution in [-0.4, -0.2) is 77.6 Å². The van der Waals surface area contributed by atoms with Gasteiger partial charge < -0.3 is 19.3 Å². The van der Waals surface area contributed by atoms with Gasteiger partial charge >= 0.3 is 5.97 Å². The van der Waals surface area contributed by atoms with E-state index in [1.165, 1.54) is 12.0 Å². The molecule has 5 rings (SSSR count). The van der Waals surface area contributed by atoms with Crippen molar-refractivity contribution in [3.05, 3.63) is 16.8 Å². The number of nitrogens with zero attached hydrogens (tertiary/aromatic N) is 3. The standard InChI is InChI=1S/C23H31N3O5S/c1-29-23(28)17(27)12-14-2-7-18-19(14)20-21(24-13-25-22(20)32-18)31-16-5-3-15(4-6-16)26-8-10-30-11-9-26/h13-17,27H,2-12H2,1H3. The van der Waals surface area contributed by atoms with Crippen molar-refractivity contribution in [2.75, 3.05) is 33.4 Å². The lowest BCUT2D eigenvalue weighted by Gasteiger charge is -2.38. The molecule has 2 aromatic heterocycles. The summed E-state index contributed by atoms with van der Waals surface area (Å²) in [5.74, 6) is 0.155. The lowest BCUT2D eigenvalue weighted by molar-refractivity contribution is -0.150. The van der Waals surface area contributed by atoms with E-state index in [1.807, 2.05) is 0 Å². The van der Waals surface area contributed by atoms with Crippen LogP contribution in [0.2, 0.25) is 0 Å². The molecule has 2 unspecified atom stereocenters. The van der Waals surface area contributed by atoms with Gasteiger partial charge in [0.25, 0.3) is 0 Å². The summed E-state index contributed by atoms with van der Waals surface area (Å²) in [7, 11) is 1.30. The number of morpholine rings is 1. The summed E-state index contributed by atoms with van der Waals surface area (Å²) in [6, 6.07) is 0.624. The molecule has 32 heavy (non-hydrogen) atoms. The number of aliphatic hydroxyl groups excluding tert-OH is 1. The van der Waals surface area contributed by atoms with Crippen LogP contribution in [0.3, 0.4) is 0 Å². The molecule has 1 N–H and O–H groups in total. The fraction of sp³-hybridized carbons (Fsp3) is 0.696. The molecule has 3 heterocycles. The van der Waals surface area contributed by atoms with Gasteiger partial charge in [-0.15, -0.1) is 11.3 Å². The second kappa shape index (κ2) is 9.59. The van der Waals surface area contributed by atoms with E-state index in [1.54, 1.807) is 17.7 Å². The zero-order chi connectivity index (χ0) is 22.1. The number of thiophene rings is 1. The Hall–Kier alpha value is -1.81. The van der Waals surface area contributed by atoms with Gasteiger partial charge in [0.05, 0.1) is 25.7 Å². The lowest BCUT2D eigenvalue weighted by atomic mass is 9.91. The molecule has 2 aliphatic carbocycles. The smallest absolute Gasteiger partial charge is 0.334 e. The zero-order valence-electron chi connectivity index (χ0n) is 18.5. The predicted octanol–water partition coefficient (Wildman–Crippen LogP) is 2.67. The molecule has 8 nitrogen and oxygen atoms in total. The molecule has 0 radical (unpaired) electrons. The van der Waals surface area contributed by atoms with Gasteiger partial charge in [0.1, 0.15) is 17.3 Å². The number of aromatic nitrogens is 2. The van der Waals surface area contributed by atoms with E-state index in [2.05, 4.69) is 14.9 Å². The third kappa shape index (κ3) is 4.35. The number of aliphatic hydroxyl groups is 1. The van der Waals surface area contributed by atoms with E-state index in [9.17, 15) is 9.90 Å². The van der Waals surface area contributed by atoms with Crippen molar-refractivity contribution >= 4 is 27.5 Å². The highest BCUT2D eigenvalue weighted by atomic mass is 32.1. The largest absolute Gasteiger partial charge is 0.474 e. The first-order valence-electron chi connectivity index (χ1n) is 11.6. The molecule has 0 bridgehead atoms. The van der Waals surface area contributed by atoms with Crippen molar-refractivity contribution in [1.29, 1.82) is 0 Å². The number of carbonyl (C=O) groups excluding carboxylic acids is 1. The Bertz CT molecular complexity index is 953. The van der Waals surface area contributed by atoms with E-state index in [0.29, 0.717) is 18.3 Å². The summed E-state index contributed by atoms with van der Waals surface area (Å²) >= 11 is 1.68. The van der Waals surface area contributed by atoms with E-state index in [-0.39, 0.29) is 12.0 Å². The Kier molecular flexibility index (Phi) is 6.59. The Balaban J connectivity index is 1.31. The van der Waals surface area contributed by atoms with E-state index >= 15 is 0 Å². The fourth-order valence-corrected chi connectivity index (χ4v) is 6.73. The number of hydrogen-bond acceptors (Lipinski definition) is 9. The number of rotatable bonds is 6. The van der Waals surface area contributed by atoms with Crippen LogP contribution in [0.4, 0.5) is 0 Å². The van der Waals surface area contributed by atoms with Gasteiger partial charge in [0, 0.05) is 24.0 Å². The first-order chi connectivity index (χ1) is 15.6. The van der Waals surface area contributed by atoms with Crippen molar-refractivity contribution in [3.63, 3.8) is 0 Å². The third-order valence-electron chi connectivity index (χ3n) is 7.16. The van der Waals surface area contributed by atoms with Gasteiger partial charge in [-0.25, -0.2) is 14.8 Å². The number of methoxy groups -OCH3 is 1. The summed E-state index contributed by atoms with van der Waals surface area (Å²) in [5.41, 5.74) is 1.16. The molecular formula is C23H31N3O5S. The summed E-state index contributed by atoms with van der Waals surface area (Å²) in [5, 5.41) is 11.2. The molecule has 1 aliphatic heterocycles. The molecule has 1 saturated carbocycles. The van der Waals surface area contributed by atoms with Crippen molar-refractivity contribution in [2.24, 2.45) is 0 Å². The molecule has 174 valence electrons. The van der Waals surface area contributed by atoms with Gasteiger partial charge in [-0.2, -0.15) is 0 Å². The van der Waals surface area contributed by atoms with Crippen LogP contribution in [0, 0.1) is 0 Å². The minimum atomic E-state index is -1.12. The summed E-state index contributed by atoms with van der Waals surface area (Å²) in [4.78, 5) is 25.5. The second-order valence-electron chi connectivity index (χ2n) is 9.00. The van der Waals surface area contributed by atoms with E-state index in [4.69, 9.17) is 14.2 Å². The van der Waals surface area contributed by atoms with E-state index in [0.717, 1.165) is 80.6 Å². The van der Waals surface area contributed by atoms with Gasteiger partial charge in [-0.05, 0) is 56.4 Å². The predicted molar refractivity (Wildman–Crippen MR) is 120 cm³/mol. The Labute approximate surface area is 191 Å². The van der Waals surface area contributed by atoms with Crippen LogP contribution in [-0.2, 0) is 20.7 Å². The highest BCUT2D eigenvalue weighted by molar-refractivity contribution is 7.19. The fourth-order valence-electron chi connectivity index (χ4n) is 5.50. The number of hydrogen-bond donors (Lipinski definition) is 1. The minimum absolute atomic E-state index is 0.0817. The molecule has 9 heteroatoms.